The highest BCUT2D eigenvalue weighted by Gasteiger charge is 2.15. The predicted octanol–water partition coefficient (Wildman–Crippen LogP) is 4.24. The Hall–Kier alpha value is -2.71. The van der Waals surface area contributed by atoms with Crippen molar-refractivity contribution in [3.8, 4) is 5.69 Å². The maximum atomic E-state index is 12.6. The molecule has 0 fully saturated rings. The number of thioether (sulfide) groups is 1. The van der Waals surface area contributed by atoms with Crippen molar-refractivity contribution in [1.29, 1.82) is 0 Å². The molecular weight excluding hydrogens is 402 g/mol. The molecule has 0 N–H and O–H groups in total. The van der Waals surface area contributed by atoms with Crippen molar-refractivity contribution < 1.29 is 4.79 Å². The van der Waals surface area contributed by atoms with Crippen LogP contribution in [0, 0.1) is 13.8 Å². The van der Waals surface area contributed by atoms with Crippen molar-refractivity contribution in [3.05, 3.63) is 64.9 Å². The van der Waals surface area contributed by atoms with Gasteiger partial charge in [-0.15, -0.1) is 21.5 Å². The van der Waals surface area contributed by atoms with E-state index in [1.54, 1.807) is 22.6 Å². The third kappa shape index (κ3) is 4.33. The fourth-order valence-corrected chi connectivity index (χ4v) is 4.78. The summed E-state index contributed by atoms with van der Waals surface area (Å²) < 4.78 is 3.05. The first kappa shape index (κ1) is 19.6. The Morgan fingerprint density at radius 3 is 2.79 bits per heavy atom. The van der Waals surface area contributed by atoms with Crippen LogP contribution in [0.2, 0.25) is 0 Å². The Balaban J connectivity index is 1.40. The molecule has 8 heteroatoms. The molecule has 0 aliphatic rings. The predicted molar refractivity (Wildman–Crippen MR) is 118 cm³/mol. The second-order valence-electron chi connectivity index (χ2n) is 6.87. The van der Waals surface area contributed by atoms with Crippen LogP contribution in [0.4, 0.5) is 0 Å². The van der Waals surface area contributed by atoms with Crippen LogP contribution in [-0.4, -0.2) is 43.4 Å². The monoisotopic (exact) mass is 423 g/mol. The zero-order valence-corrected chi connectivity index (χ0v) is 18.1. The quantitative estimate of drug-likeness (QED) is 0.434. The molecule has 0 unspecified atom stereocenters. The van der Waals surface area contributed by atoms with Crippen molar-refractivity contribution in [3.63, 3.8) is 0 Å². The van der Waals surface area contributed by atoms with Gasteiger partial charge in [-0.25, -0.2) is 4.98 Å². The number of hydrogen-bond donors (Lipinski definition) is 0. The number of aromatic nitrogens is 4. The summed E-state index contributed by atoms with van der Waals surface area (Å²) in [5.74, 6) is 0.328. The van der Waals surface area contributed by atoms with Gasteiger partial charge in [0.05, 0.1) is 22.5 Å². The summed E-state index contributed by atoms with van der Waals surface area (Å²) in [6, 6.07) is 14.2. The fraction of sp³-hybridized carbons (Fsp3) is 0.238. The normalized spacial score (nSPS) is 11.1. The zero-order chi connectivity index (χ0) is 20.4. The van der Waals surface area contributed by atoms with Crippen LogP contribution in [0.25, 0.3) is 15.9 Å². The number of benzene rings is 2. The van der Waals surface area contributed by atoms with E-state index in [-0.39, 0.29) is 5.91 Å². The number of thiazole rings is 1. The Morgan fingerprint density at radius 2 is 2.00 bits per heavy atom. The van der Waals surface area contributed by atoms with Crippen LogP contribution in [0.3, 0.4) is 0 Å². The highest BCUT2D eigenvalue weighted by Crippen LogP contribution is 2.24. The van der Waals surface area contributed by atoms with E-state index in [1.165, 1.54) is 22.9 Å². The number of nitrogens with zero attached hydrogens (tertiary/aromatic N) is 5. The number of aryl methyl sites for hydroxylation is 2. The zero-order valence-electron chi connectivity index (χ0n) is 16.5. The van der Waals surface area contributed by atoms with E-state index in [4.69, 9.17) is 0 Å². The molecule has 0 spiro atoms. The van der Waals surface area contributed by atoms with Gasteiger partial charge < -0.3 is 4.90 Å². The van der Waals surface area contributed by atoms with Gasteiger partial charge in [-0.2, -0.15) is 0 Å². The van der Waals surface area contributed by atoms with Gasteiger partial charge in [-0.1, -0.05) is 30.0 Å². The highest BCUT2D eigenvalue weighted by molar-refractivity contribution is 7.99. The van der Waals surface area contributed by atoms with Gasteiger partial charge in [0.2, 0.25) is 5.91 Å². The molecule has 4 rings (SSSR count). The van der Waals surface area contributed by atoms with Gasteiger partial charge in [-0.05, 0) is 49.2 Å². The Labute approximate surface area is 177 Å². The Bertz CT molecular complexity index is 1130. The van der Waals surface area contributed by atoms with Crippen LogP contribution in [0.5, 0.6) is 0 Å². The molecule has 2 heterocycles. The molecule has 0 aliphatic carbocycles. The largest absolute Gasteiger partial charge is 0.338 e. The van der Waals surface area contributed by atoms with Crippen molar-refractivity contribution in [2.75, 3.05) is 12.8 Å². The number of hydrogen-bond acceptors (Lipinski definition) is 6. The van der Waals surface area contributed by atoms with E-state index in [9.17, 15) is 4.79 Å². The minimum absolute atomic E-state index is 0.0314. The summed E-state index contributed by atoms with van der Waals surface area (Å²) in [7, 11) is 1.81. The van der Waals surface area contributed by atoms with Crippen molar-refractivity contribution >= 4 is 39.2 Å². The molecule has 0 bridgehead atoms. The van der Waals surface area contributed by atoms with Gasteiger partial charge in [0.1, 0.15) is 11.3 Å². The minimum Gasteiger partial charge on any atom is -0.338 e. The van der Waals surface area contributed by atoms with Crippen molar-refractivity contribution in [1.82, 2.24) is 24.6 Å². The van der Waals surface area contributed by atoms with E-state index in [0.29, 0.717) is 17.5 Å². The lowest BCUT2D eigenvalue weighted by Gasteiger charge is -2.15. The Kier molecular flexibility index (Phi) is 5.64. The number of para-hydroxylation sites is 1. The van der Waals surface area contributed by atoms with Crippen LogP contribution >= 0.6 is 23.1 Å². The number of carbonyl (C=O) groups excluding carboxylic acids is 1. The van der Waals surface area contributed by atoms with Gasteiger partial charge in [-0.3, -0.25) is 9.36 Å². The smallest absolute Gasteiger partial charge is 0.233 e. The van der Waals surface area contributed by atoms with Gasteiger partial charge in [0.15, 0.2) is 5.16 Å². The molecule has 4 aromatic rings. The summed E-state index contributed by atoms with van der Waals surface area (Å²) in [6.45, 7) is 4.67. The molecule has 1 amide bonds. The molecule has 29 heavy (non-hydrogen) atoms. The van der Waals surface area contributed by atoms with Crippen LogP contribution in [-0.2, 0) is 11.3 Å². The lowest BCUT2D eigenvalue weighted by Crippen LogP contribution is -2.27. The minimum atomic E-state index is 0.0314. The van der Waals surface area contributed by atoms with Gasteiger partial charge >= 0.3 is 0 Å². The summed E-state index contributed by atoms with van der Waals surface area (Å²) in [4.78, 5) is 18.9. The van der Waals surface area contributed by atoms with E-state index < -0.39 is 0 Å². The number of amides is 1. The maximum absolute atomic E-state index is 12.6. The Morgan fingerprint density at radius 1 is 1.17 bits per heavy atom. The average Bonchev–Trinajstić information content (AvgIpc) is 3.34. The molecule has 0 aliphatic heterocycles. The second kappa shape index (κ2) is 8.34. The first-order valence-corrected chi connectivity index (χ1v) is 11.0. The fourth-order valence-electron chi connectivity index (χ4n) is 2.89. The molecular formula is C21H21N5OS2. The van der Waals surface area contributed by atoms with E-state index >= 15 is 0 Å². The lowest BCUT2D eigenvalue weighted by atomic mass is 10.1. The maximum Gasteiger partial charge on any atom is 0.233 e. The van der Waals surface area contributed by atoms with E-state index in [2.05, 4.69) is 41.2 Å². The number of carbonyl (C=O) groups is 1. The summed E-state index contributed by atoms with van der Waals surface area (Å²) in [5.41, 5.74) is 4.42. The first-order valence-electron chi connectivity index (χ1n) is 9.20. The molecule has 2 aromatic heterocycles. The van der Waals surface area contributed by atoms with Crippen molar-refractivity contribution in [2.24, 2.45) is 0 Å². The molecule has 0 saturated heterocycles. The summed E-state index contributed by atoms with van der Waals surface area (Å²) in [5, 5.41) is 9.85. The van der Waals surface area contributed by atoms with Crippen molar-refractivity contribution in [2.45, 2.75) is 25.5 Å². The molecule has 0 saturated carbocycles. The first-order chi connectivity index (χ1) is 14.0. The molecule has 6 nitrogen and oxygen atoms in total. The third-order valence-electron chi connectivity index (χ3n) is 4.75. The molecule has 0 atom stereocenters. The lowest BCUT2D eigenvalue weighted by molar-refractivity contribution is -0.127. The van der Waals surface area contributed by atoms with Gasteiger partial charge in [0.25, 0.3) is 0 Å². The molecule has 0 radical (unpaired) electrons. The summed E-state index contributed by atoms with van der Waals surface area (Å²) >= 11 is 3.01. The molecule has 148 valence electrons. The van der Waals surface area contributed by atoms with Gasteiger partial charge in [0, 0.05) is 12.7 Å². The number of rotatable bonds is 6. The third-order valence-corrected chi connectivity index (χ3v) is 6.70. The highest BCUT2D eigenvalue weighted by atomic mass is 32.2. The number of fused-ring (bicyclic) bond motifs is 1. The van der Waals surface area contributed by atoms with E-state index in [0.717, 1.165) is 20.9 Å². The SMILES string of the molecule is Cc1ccc(-n2cnnc2SCC(=O)N(C)Cc2nc3ccccc3s2)cc1C. The standard InChI is InChI=1S/C21H21N5OS2/c1-14-8-9-16(10-15(14)2)26-13-22-24-21(26)28-12-20(27)25(3)11-19-23-17-6-4-5-7-18(17)29-19/h4-10,13H,11-12H2,1-3H3. The second-order valence-corrected chi connectivity index (χ2v) is 8.92. The topological polar surface area (TPSA) is 63.9 Å². The van der Waals surface area contributed by atoms with Crippen LogP contribution in [0.15, 0.2) is 53.9 Å². The molecule has 2 aromatic carbocycles. The van der Waals surface area contributed by atoms with Crippen LogP contribution in [0.1, 0.15) is 16.1 Å². The summed E-state index contributed by atoms with van der Waals surface area (Å²) in [6.07, 6.45) is 1.68. The average molecular weight is 424 g/mol. The van der Waals surface area contributed by atoms with Crippen LogP contribution < -0.4 is 0 Å². The van der Waals surface area contributed by atoms with E-state index in [1.807, 2.05) is 41.9 Å².